The maximum atomic E-state index is 4.25. The lowest BCUT2D eigenvalue weighted by Gasteiger charge is -2.17. The van der Waals surface area contributed by atoms with Gasteiger partial charge in [0, 0.05) is 31.2 Å². The Morgan fingerprint density at radius 1 is 1.19 bits per heavy atom. The van der Waals surface area contributed by atoms with Crippen LogP contribution in [0.25, 0.3) is 0 Å². The minimum atomic E-state index is -0.449. The summed E-state index contributed by atoms with van der Waals surface area (Å²) in [6, 6.07) is 8.39. The number of aromatic nitrogens is 2. The summed E-state index contributed by atoms with van der Waals surface area (Å²) in [4.78, 5) is 6.63. The predicted molar refractivity (Wildman–Crippen MR) is 71.8 cm³/mol. The minimum absolute atomic E-state index is 0.449. The molecule has 0 saturated carbocycles. The molecular formula is C13H17N2P. The number of nitrogens with one attached hydrogen (secondary N) is 2. The molecule has 0 aliphatic carbocycles. The third-order valence-electron chi connectivity index (χ3n) is 2.50. The molecule has 0 radical (unpaired) electrons. The Labute approximate surface area is 97.5 Å². The molecule has 84 valence electrons. The maximum Gasteiger partial charge on any atom is 0.0487 e. The molecule has 0 fully saturated rings. The zero-order chi connectivity index (χ0) is 11.4. The third kappa shape index (κ3) is 2.28. The summed E-state index contributed by atoms with van der Waals surface area (Å²) in [5.74, 6) is 0. The normalized spacial score (nSPS) is 10.9. The second-order valence-electron chi connectivity index (χ2n) is 3.76. The van der Waals surface area contributed by atoms with Crippen LogP contribution < -0.4 is 10.9 Å². The van der Waals surface area contributed by atoms with Gasteiger partial charge in [0.25, 0.3) is 0 Å². The first-order valence-corrected chi connectivity index (χ1v) is 6.91. The van der Waals surface area contributed by atoms with E-state index in [0.717, 1.165) is 12.8 Å². The number of hydrogen-bond acceptors (Lipinski definition) is 0. The van der Waals surface area contributed by atoms with Crippen molar-refractivity contribution < 1.29 is 0 Å². The van der Waals surface area contributed by atoms with Gasteiger partial charge in [-0.05, 0) is 36.0 Å². The molecule has 2 aromatic heterocycles. The predicted octanol–water partition coefficient (Wildman–Crippen LogP) is 3.09. The van der Waals surface area contributed by atoms with Crippen LogP contribution in [0.1, 0.15) is 19.8 Å². The molecule has 0 atom stereocenters. The van der Waals surface area contributed by atoms with Crippen LogP contribution in [0.5, 0.6) is 0 Å². The summed E-state index contributed by atoms with van der Waals surface area (Å²) in [6.45, 7) is 6.44. The number of allylic oxidation sites excluding steroid dienone is 1. The van der Waals surface area contributed by atoms with E-state index in [0.29, 0.717) is 0 Å². The molecule has 3 heteroatoms. The highest BCUT2D eigenvalue weighted by Crippen LogP contribution is 2.42. The molecule has 0 bridgehead atoms. The van der Waals surface area contributed by atoms with Gasteiger partial charge in [0.05, 0.1) is 0 Å². The van der Waals surface area contributed by atoms with Crippen LogP contribution in [-0.4, -0.2) is 9.97 Å². The van der Waals surface area contributed by atoms with Crippen molar-refractivity contribution in [3.63, 3.8) is 0 Å². The van der Waals surface area contributed by atoms with Crippen molar-refractivity contribution in [3.05, 3.63) is 48.6 Å². The van der Waals surface area contributed by atoms with E-state index in [-0.39, 0.29) is 0 Å². The third-order valence-corrected chi connectivity index (χ3v) is 4.88. The van der Waals surface area contributed by atoms with Gasteiger partial charge in [0.2, 0.25) is 0 Å². The van der Waals surface area contributed by atoms with Crippen molar-refractivity contribution in [2.45, 2.75) is 19.8 Å². The Morgan fingerprint density at radius 3 is 2.12 bits per heavy atom. The molecule has 0 amide bonds. The second kappa shape index (κ2) is 5.18. The van der Waals surface area contributed by atoms with E-state index < -0.39 is 7.92 Å². The van der Waals surface area contributed by atoms with Gasteiger partial charge in [-0.3, -0.25) is 0 Å². The van der Waals surface area contributed by atoms with Crippen molar-refractivity contribution in [2.24, 2.45) is 0 Å². The molecule has 2 heterocycles. The second-order valence-corrected chi connectivity index (χ2v) is 6.03. The van der Waals surface area contributed by atoms with Gasteiger partial charge < -0.3 is 9.97 Å². The highest BCUT2D eigenvalue weighted by Gasteiger charge is 2.18. The quantitative estimate of drug-likeness (QED) is 0.742. The Morgan fingerprint density at radius 2 is 1.75 bits per heavy atom. The fourth-order valence-electron chi connectivity index (χ4n) is 1.79. The van der Waals surface area contributed by atoms with E-state index in [2.05, 4.69) is 35.6 Å². The van der Waals surface area contributed by atoms with Crippen LogP contribution in [-0.2, 0) is 0 Å². The molecule has 2 aromatic rings. The van der Waals surface area contributed by atoms with E-state index in [1.165, 1.54) is 16.2 Å². The molecular weight excluding hydrogens is 215 g/mol. The van der Waals surface area contributed by atoms with Crippen molar-refractivity contribution in [1.29, 1.82) is 0 Å². The maximum absolute atomic E-state index is 4.25. The van der Waals surface area contributed by atoms with Crippen LogP contribution in [0, 0.1) is 0 Å². The highest BCUT2D eigenvalue weighted by atomic mass is 31.1. The van der Waals surface area contributed by atoms with E-state index in [1.54, 1.807) is 0 Å². The molecule has 0 saturated heterocycles. The first-order valence-electron chi connectivity index (χ1n) is 5.57. The standard InChI is InChI=1S/C13H17N2P/c1-3-6-11(2)16(12-7-4-9-14-12)13-8-5-10-15-13/h4-5,7-10,14-15H,2-3,6H2,1H3. The Hall–Kier alpha value is -1.27. The Kier molecular flexibility index (Phi) is 3.63. The summed E-state index contributed by atoms with van der Waals surface area (Å²) in [5.41, 5.74) is 2.55. The number of aromatic amines is 2. The fourth-order valence-corrected chi connectivity index (χ4v) is 4.06. The van der Waals surface area contributed by atoms with Gasteiger partial charge in [0.15, 0.2) is 0 Å². The molecule has 0 aliphatic heterocycles. The summed E-state index contributed by atoms with van der Waals surface area (Å²) in [7, 11) is -0.449. The smallest absolute Gasteiger partial charge is 0.0487 e. The lowest BCUT2D eigenvalue weighted by atomic mass is 10.3. The van der Waals surface area contributed by atoms with Crippen molar-refractivity contribution in [3.8, 4) is 0 Å². The molecule has 0 aliphatic rings. The molecule has 2 rings (SSSR count). The monoisotopic (exact) mass is 232 g/mol. The summed E-state index contributed by atoms with van der Waals surface area (Å²) < 4.78 is 0. The number of hydrogen-bond donors (Lipinski definition) is 2. The lowest BCUT2D eigenvalue weighted by molar-refractivity contribution is 0.948. The summed E-state index contributed by atoms with van der Waals surface area (Å²) in [6.07, 6.45) is 6.20. The molecule has 16 heavy (non-hydrogen) atoms. The lowest BCUT2D eigenvalue weighted by Crippen LogP contribution is -2.14. The molecule has 2 N–H and O–H groups in total. The zero-order valence-corrected chi connectivity index (χ0v) is 10.4. The minimum Gasteiger partial charge on any atom is -0.361 e. The first kappa shape index (κ1) is 11.2. The molecule has 0 spiro atoms. The first-order chi connectivity index (χ1) is 7.83. The van der Waals surface area contributed by atoms with E-state index in [4.69, 9.17) is 0 Å². The summed E-state index contributed by atoms with van der Waals surface area (Å²) in [5, 5.41) is 1.32. The summed E-state index contributed by atoms with van der Waals surface area (Å²) >= 11 is 0. The topological polar surface area (TPSA) is 31.6 Å². The Balaban J connectivity index is 2.31. The van der Waals surface area contributed by atoms with E-state index in [9.17, 15) is 0 Å². The van der Waals surface area contributed by atoms with Gasteiger partial charge >= 0.3 is 0 Å². The van der Waals surface area contributed by atoms with Crippen molar-refractivity contribution >= 4 is 18.8 Å². The van der Waals surface area contributed by atoms with Crippen molar-refractivity contribution in [1.82, 2.24) is 9.97 Å². The van der Waals surface area contributed by atoms with E-state index >= 15 is 0 Å². The van der Waals surface area contributed by atoms with Gasteiger partial charge in [-0.25, -0.2) is 0 Å². The number of H-pyrrole nitrogens is 2. The fraction of sp³-hybridized carbons (Fsp3) is 0.231. The van der Waals surface area contributed by atoms with Gasteiger partial charge in [-0.2, -0.15) is 0 Å². The zero-order valence-electron chi connectivity index (χ0n) is 9.53. The molecule has 0 aromatic carbocycles. The van der Waals surface area contributed by atoms with Crippen LogP contribution in [0.3, 0.4) is 0 Å². The van der Waals surface area contributed by atoms with Gasteiger partial charge in [0.1, 0.15) is 0 Å². The van der Waals surface area contributed by atoms with Crippen molar-refractivity contribution in [2.75, 3.05) is 0 Å². The Bertz CT molecular complexity index is 394. The van der Waals surface area contributed by atoms with Crippen LogP contribution in [0.15, 0.2) is 48.6 Å². The SMILES string of the molecule is C=C(CCC)P(c1ccc[nH]1)c1ccc[nH]1. The van der Waals surface area contributed by atoms with Crippen LogP contribution in [0.2, 0.25) is 0 Å². The number of rotatable bonds is 5. The average molecular weight is 232 g/mol. The molecule has 2 nitrogen and oxygen atoms in total. The van der Waals surface area contributed by atoms with Crippen LogP contribution in [0.4, 0.5) is 0 Å². The highest BCUT2D eigenvalue weighted by molar-refractivity contribution is 7.76. The van der Waals surface area contributed by atoms with Gasteiger partial charge in [-0.15, -0.1) is 0 Å². The van der Waals surface area contributed by atoms with Gasteiger partial charge in [-0.1, -0.05) is 19.9 Å². The van der Waals surface area contributed by atoms with Crippen LogP contribution >= 0.6 is 7.92 Å². The largest absolute Gasteiger partial charge is 0.361 e. The molecule has 0 unspecified atom stereocenters. The van der Waals surface area contributed by atoms with E-state index in [1.807, 2.05) is 24.5 Å². The average Bonchev–Trinajstić information content (AvgIpc) is 2.91.